The van der Waals surface area contributed by atoms with Gasteiger partial charge in [-0.3, -0.25) is 4.70 Å². The molecule has 0 unspecified atom stereocenters. The summed E-state index contributed by atoms with van der Waals surface area (Å²) in [5.74, 6) is 0. The first-order valence-corrected chi connectivity index (χ1v) is 2.45. The van der Waals surface area contributed by atoms with Crippen LogP contribution in [0.1, 0.15) is 0 Å². The lowest BCUT2D eigenvalue weighted by atomic mass is 15.7. The highest BCUT2D eigenvalue weighted by Crippen LogP contribution is 1.26. The Morgan fingerprint density at radius 1 is 0.875 bits per heavy atom. The van der Waals surface area contributed by atoms with Crippen LogP contribution in [0.15, 0.2) is 0 Å². The van der Waals surface area contributed by atoms with Gasteiger partial charge in [0, 0.05) is 17.4 Å². The normalized spacial score (nSPS) is 7.50. The summed E-state index contributed by atoms with van der Waals surface area (Å²) in [4.78, 5) is 34.3. The van der Waals surface area contributed by atoms with Crippen LogP contribution in [-0.2, 0) is 0 Å². The smallest absolute Gasteiger partial charge is 0 e. The molecule has 0 spiro atoms. The summed E-state index contributed by atoms with van der Waals surface area (Å²) in [7, 11) is -5.61. The minimum Gasteiger partial charge on any atom is -0.894 e. The van der Waals surface area contributed by atoms with Crippen molar-refractivity contribution in [2.24, 2.45) is 0 Å². The molecule has 0 fully saturated rings. The molecule has 8 heavy (non-hydrogen) atoms. The van der Waals surface area contributed by atoms with Gasteiger partial charge in [-0.25, -0.2) is 0 Å². The van der Waals surface area contributed by atoms with Crippen LogP contribution in [0.3, 0.4) is 0 Å². The van der Waals surface area contributed by atoms with Gasteiger partial charge in [-0.2, -0.15) is 0 Å². The molecule has 0 saturated carbocycles. The Labute approximate surface area is 56.5 Å². The topological polar surface area (TPSA) is 122 Å². The summed E-state index contributed by atoms with van der Waals surface area (Å²) >= 11 is 0. The van der Waals surface area contributed by atoms with Gasteiger partial charge in [-0.1, -0.05) is 0 Å². The monoisotopic (exact) mass is 156 g/mol. The molecule has 0 saturated heterocycles. The summed E-state index contributed by atoms with van der Waals surface area (Å²) in [6.07, 6.45) is 0. The van der Waals surface area contributed by atoms with E-state index < -0.39 is 9.05 Å². The summed E-state index contributed by atoms with van der Waals surface area (Å²) in [6, 6.07) is 0. The molecule has 0 aromatic carbocycles. The minimum absolute atomic E-state index is 0. The zero-order valence-corrected chi connectivity index (χ0v) is 5.72. The number of hydrogen-bond acceptors (Lipinski definition) is 5. The van der Waals surface area contributed by atoms with Crippen molar-refractivity contribution in [3.05, 3.63) is 0 Å². The lowest BCUT2D eigenvalue weighted by Gasteiger charge is -2.67. The molecule has 0 aliphatic carbocycles. The Morgan fingerprint density at radius 3 is 0.875 bits per heavy atom. The molecule has 0 aliphatic rings. The predicted octanol–water partition coefficient (Wildman–Crippen LogP) is -5.54. The molecular formula is H2AlFO5Si-5. The van der Waals surface area contributed by atoms with Crippen LogP contribution in [-0.4, -0.2) is 31.9 Å². The highest BCUT2D eigenvalue weighted by molar-refractivity contribution is 6.38. The zero-order chi connectivity index (χ0) is 4.50. The Balaban J connectivity index is -0.0000000267. The molecule has 0 aliphatic heterocycles. The van der Waals surface area contributed by atoms with Gasteiger partial charge in [0.15, 0.2) is 0 Å². The lowest BCUT2D eigenvalue weighted by molar-refractivity contribution is -0.624. The fourth-order valence-electron chi connectivity index (χ4n) is 0. The van der Waals surface area contributed by atoms with Crippen LogP contribution in [0.2, 0.25) is 0 Å². The van der Waals surface area contributed by atoms with Crippen LogP contribution in [0, 0.1) is 0 Å². The van der Waals surface area contributed by atoms with E-state index in [2.05, 4.69) is 0 Å². The second-order valence-electron chi connectivity index (χ2n) is 0.500. The second kappa shape index (κ2) is 7.48. The Bertz CT molecular complexity index is 27.9. The molecule has 8 heteroatoms. The molecule has 1 N–H and O–H groups in total. The van der Waals surface area contributed by atoms with Gasteiger partial charge in [0.1, 0.15) is 0 Å². The van der Waals surface area contributed by atoms with Crippen LogP contribution < -0.4 is 19.2 Å². The maximum absolute atomic E-state index is 8.58. The number of rotatable bonds is 0. The highest BCUT2D eigenvalue weighted by atomic mass is 28.4. The van der Waals surface area contributed by atoms with Gasteiger partial charge in [0.25, 0.3) is 0 Å². The van der Waals surface area contributed by atoms with Crippen molar-refractivity contribution in [1.29, 1.82) is 0 Å². The average Bonchev–Trinajstić information content (AvgIpc) is 0.722. The molecule has 0 aromatic rings. The van der Waals surface area contributed by atoms with Crippen LogP contribution in [0.4, 0.5) is 4.70 Å². The maximum atomic E-state index is 8.58. The van der Waals surface area contributed by atoms with Crippen molar-refractivity contribution in [3.8, 4) is 0 Å². The SMILES string of the molecule is F.[Al].[O-][Si]([O-])([O-])[O-].[OH-]. The zero-order valence-electron chi connectivity index (χ0n) is 3.57. The van der Waals surface area contributed by atoms with E-state index in [4.69, 9.17) is 19.2 Å². The summed E-state index contributed by atoms with van der Waals surface area (Å²) in [5.41, 5.74) is 0. The van der Waals surface area contributed by atoms with Crippen molar-refractivity contribution >= 4 is 26.4 Å². The molecule has 0 atom stereocenters. The van der Waals surface area contributed by atoms with E-state index in [1.54, 1.807) is 0 Å². The number of halogens is 1. The van der Waals surface area contributed by atoms with E-state index in [-0.39, 0.29) is 27.5 Å². The largest absolute Gasteiger partial charge is 0.894 e. The molecule has 0 aromatic heterocycles. The van der Waals surface area contributed by atoms with E-state index in [1.807, 2.05) is 0 Å². The van der Waals surface area contributed by atoms with Gasteiger partial charge in [0.05, 0.1) is 0 Å². The Morgan fingerprint density at radius 2 is 0.875 bits per heavy atom. The fourth-order valence-corrected chi connectivity index (χ4v) is 0. The van der Waals surface area contributed by atoms with E-state index in [1.165, 1.54) is 0 Å². The molecule has 51 valence electrons. The van der Waals surface area contributed by atoms with E-state index in [0.29, 0.717) is 0 Å². The molecule has 0 amide bonds. The number of hydrogen-bond donors (Lipinski definition) is 0. The van der Waals surface area contributed by atoms with Crippen molar-refractivity contribution < 1.29 is 29.4 Å². The second-order valence-corrected chi connectivity index (χ2v) is 1.50. The summed E-state index contributed by atoms with van der Waals surface area (Å²) in [5, 5.41) is 0. The molecule has 0 bridgehead atoms. The van der Waals surface area contributed by atoms with Crippen LogP contribution in [0.25, 0.3) is 0 Å². The van der Waals surface area contributed by atoms with Crippen LogP contribution in [0.5, 0.6) is 0 Å². The third-order valence-corrected chi connectivity index (χ3v) is 0. The minimum atomic E-state index is -5.61. The van der Waals surface area contributed by atoms with Gasteiger partial charge in [-0.05, 0) is 0 Å². The maximum Gasteiger partial charge on any atom is 0 e. The van der Waals surface area contributed by atoms with Gasteiger partial charge >= 0.3 is 0 Å². The first-order chi connectivity index (χ1) is 2.00. The quantitative estimate of drug-likeness (QED) is 0.323. The van der Waals surface area contributed by atoms with Crippen molar-refractivity contribution in [1.82, 2.24) is 0 Å². The first kappa shape index (κ1) is 23.6. The highest BCUT2D eigenvalue weighted by Gasteiger charge is 1.36. The average molecular weight is 156 g/mol. The van der Waals surface area contributed by atoms with Crippen molar-refractivity contribution in [2.45, 2.75) is 0 Å². The van der Waals surface area contributed by atoms with Crippen molar-refractivity contribution in [3.63, 3.8) is 0 Å². The fraction of sp³-hybridized carbons (Fsp3) is 0. The standard InChI is InChI=1S/Al.FH.O4Si.H2O/c;;1-5(2,3)4;/h;1H;;1H2/q;;-4;/p-1. The van der Waals surface area contributed by atoms with Crippen LogP contribution >= 0.6 is 0 Å². The molecular weight excluding hydrogens is 154 g/mol. The molecule has 0 rings (SSSR count). The molecule has 0 heterocycles. The Hall–Kier alpha value is 0.479. The van der Waals surface area contributed by atoms with Crippen molar-refractivity contribution in [2.75, 3.05) is 0 Å². The first-order valence-electron chi connectivity index (χ1n) is 0.816. The Kier molecular flexibility index (Phi) is 22.1. The van der Waals surface area contributed by atoms with Gasteiger partial charge < -0.3 is 33.7 Å². The van der Waals surface area contributed by atoms with E-state index >= 15 is 0 Å². The molecule has 3 radical (unpaired) electrons. The predicted molar refractivity (Wildman–Crippen MR) is 15.9 cm³/mol. The summed E-state index contributed by atoms with van der Waals surface area (Å²) in [6.45, 7) is 0. The third kappa shape index (κ3) is 847. The lowest BCUT2D eigenvalue weighted by Crippen LogP contribution is -2.82. The van der Waals surface area contributed by atoms with E-state index in [9.17, 15) is 0 Å². The summed E-state index contributed by atoms with van der Waals surface area (Å²) < 4.78 is 0. The van der Waals surface area contributed by atoms with Gasteiger partial charge in [0.2, 0.25) is 0 Å². The van der Waals surface area contributed by atoms with Gasteiger partial charge in [-0.15, -0.1) is 0 Å². The third-order valence-electron chi connectivity index (χ3n) is 0. The molecule has 5 nitrogen and oxygen atoms in total. The van der Waals surface area contributed by atoms with E-state index in [0.717, 1.165) is 0 Å².